The molecule has 44 heavy (non-hydrogen) atoms. The van der Waals surface area contributed by atoms with Crippen LogP contribution in [0.4, 0.5) is 0 Å². The van der Waals surface area contributed by atoms with Gasteiger partial charge in [0.2, 0.25) is 0 Å². The molecule has 8 nitrogen and oxygen atoms in total. The number of rotatable bonds is 12. The Labute approximate surface area is 261 Å². The van der Waals surface area contributed by atoms with Crippen LogP contribution < -0.4 is 19.5 Å². The summed E-state index contributed by atoms with van der Waals surface area (Å²) in [4.78, 5) is 0. The van der Waals surface area contributed by atoms with E-state index in [2.05, 4.69) is 34.3 Å². The molecule has 1 heterocycles. The number of hydrogen-bond acceptors (Lipinski definition) is 8. The van der Waals surface area contributed by atoms with E-state index in [0.29, 0.717) is 25.7 Å². The van der Waals surface area contributed by atoms with Crippen molar-refractivity contribution in [2.45, 2.75) is 38.4 Å². The maximum absolute atomic E-state index is 9.06. The lowest BCUT2D eigenvalue weighted by atomic mass is 9.90. The average Bonchev–Trinajstić information content (AvgIpc) is 3.10. The number of piperidine rings is 1. The first-order valence-corrected chi connectivity index (χ1v) is 15.0. The molecule has 0 bridgehead atoms. The van der Waals surface area contributed by atoms with Crippen LogP contribution in [0.15, 0.2) is 84.9 Å². The number of nitrogens with one attached hydrogen (secondary N) is 1. The van der Waals surface area contributed by atoms with Gasteiger partial charge in [0.05, 0.1) is 40.6 Å². The summed E-state index contributed by atoms with van der Waals surface area (Å²) < 4.78 is 26.2. The highest BCUT2D eigenvalue weighted by Gasteiger charge is 2.14. The van der Waals surface area contributed by atoms with Gasteiger partial charge >= 0.3 is 0 Å². The van der Waals surface area contributed by atoms with Crippen molar-refractivity contribution >= 4 is 10.8 Å². The van der Waals surface area contributed by atoms with Crippen LogP contribution in [0, 0.1) is 0 Å². The number of ether oxygens (including phenoxy) is 5. The summed E-state index contributed by atoms with van der Waals surface area (Å²) in [6, 6.07) is 28.4. The maximum atomic E-state index is 9.06. The summed E-state index contributed by atoms with van der Waals surface area (Å²) in [5.41, 5.74) is 3.38. The van der Waals surface area contributed by atoms with Gasteiger partial charge in [-0.15, -0.1) is 0 Å². The first-order valence-electron chi connectivity index (χ1n) is 15.0. The van der Waals surface area contributed by atoms with Crippen molar-refractivity contribution in [3.63, 3.8) is 0 Å². The zero-order valence-electron chi connectivity index (χ0n) is 26.2. The molecular weight excluding hydrogens is 558 g/mol. The third kappa shape index (κ3) is 11.4. The molecule has 0 saturated carbocycles. The minimum absolute atomic E-state index is 0.0429. The molecule has 0 amide bonds. The monoisotopic (exact) mass is 605 g/mol. The number of methoxy groups -OCH3 is 3. The molecule has 0 radical (unpaired) electrons. The lowest BCUT2D eigenvalue weighted by molar-refractivity contribution is 0.0325. The second-order valence-electron chi connectivity index (χ2n) is 10.3. The predicted octanol–water partition coefficient (Wildman–Crippen LogP) is 6.07. The smallest absolute Gasteiger partial charge is 0.143 e. The van der Waals surface area contributed by atoms with Gasteiger partial charge in [0, 0.05) is 24.5 Å². The van der Waals surface area contributed by atoms with E-state index in [1.807, 2.05) is 60.7 Å². The molecule has 0 spiro atoms. The quantitative estimate of drug-likeness (QED) is 0.132. The number of benzene rings is 4. The minimum atomic E-state index is -0.181. The van der Waals surface area contributed by atoms with E-state index in [4.69, 9.17) is 29.2 Å². The second kappa shape index (κ2) is 20.3. The summed E-state index contributed by atoms with van der Waals surface area (Å²) >= 11 is 0. The second-order valence-corrected chi connectivity index (χ2v) is 10.3. The lowest BCUT2D eigenvalue weighted by Crippen LogP contribution is -2.26. The Bertz CT molecular complexity index is 1340. The number of aliphatic hydroxyl groups is 2. The van der Waals surface area contributed by atoms with Gasteiger partial charge in [0.1, 0.15) is 24.0 Å². The number of aliphatic hydroxyl groups excluding tert-OH is 2. The molecule has 238 valence electrons. The van der Waals surface area contributed by atoms with Crippen molar-refractivity contribution in [2.75, 3.05) is 54.4 Å². The van der Waals surface area contributed by atoms with Crippen LogP contribution in [0.1, 0.15) is 41.9 Å². The molecule has 0 aliphatic carbocycles. The van der Waals surface area contributed by atoms with Crippen molar-refractivity contribution in [1.82, 2.24) is 5.32 Å². The van der Waals surface area contributed by atoms with E-state index < -0.39 is 0 Å². The Morgan fingerprint density at radius 1 is 0.773 bits per heavy atom. The molecule has 5 rings (SSSR count). The molecular formula is C36H47NO7. The highest BCUT2D eigenvalue weighted by molar-refractivity contribution is 5.89. The van der Waals surface area contributed by atoms with Crippen LogP contribution in [0.5, 0.6) is 17.2 Å². The van der Waals surface area contributed by atoms with E-state index in [9.17, 15) is 0 Å². The average molecular weight is 606 g/mol. The standard InChI is InChI=1S/C22H29NO3.C12H12O2.C2H6O2/c1-24-22-6-3-2-5-20(22)17-25-15-4-16-26-21-9-7-18(8-10-21)19-11-13-23-14-12-19;1-14-12-7-9(8-13)6-10-4-2-3-5-11(10)12;1-4-2-3/h2-3,5-10,19,23H,4,11-17H2,1H3;2-7,13H,8H2,1H3;3H,2H2,1H3. The van der Waals surface area contributed by atoms with Gasteiger partial charge < -0.3 is 39.2 Å². The van der Waals surface area contributed by atoms with Gasteiger partial charge in [0.15, 0.2) is 0 Å². The van der Waals surface area contributed by atoms with Gasteiger partial charge in [0.25, 0.3) is 0 Å². The van der Waals surface area contributed by atoms with Crippen molar-refractivity contribution < 1.29 is 33.9 Å². The largest absolute Gasteiger partial charge is 0.496 e. The molecule has 3 N–H and O–H groups in total. The molecule has 1 aliphatic heterocycles. The number of fused-ring (bicyclic) bond motifs is 1. The lowest BCUT2D eigenvalue weighted by Gasteiger charge is -2.23. The van der Waals surface area contributed by atoms with Crippen LogP contribution in [0.3, 0.4) is 0 Å². The Morgan fingerprint density at radius 3 is 2.14 bits per heavy atom. The van der Waals surface area contributed by atoms with Crippen LogP contribution in [-0.4, -0.2) is 64.6 Å². The molecule has 4 aromatic rings. The van der Waals surface area contributed by atoms with Crippen LogP contribution >= 0.6 is 0 Å². The zero-order valence-corrected chi connectivity index (χ0v) is 26.2. The van der Waals surface area contributed by atoms with Gasteiger partial charge in [-0.2, -0.15) is 0 Å². The molecule has 0 atom stereocenters. The van der Waals surface area contributed by atoms with Gasteiger partial charge in [-0.25, -0.2) is 0 Å². The van der Waals surface area contributed by atoms with Crippen LogP contribution in [0.25, 0.3) is 10.8 Å². The number of para-hydroxylation sites is 1. The molecule has 1 saturated heterocycles. The Kier molecular flexibility index (Phi) is 16.1. The van der Waals surface area contributed by atoms with Crippen LogP contribution in [0.2, 0.25) is 0 Å². The summed E-state index contributed by atoms with van der Waals surface area (Å²) in [6.07, 6.45) is 3.32. The van der Waals surface area contributed by atoms with E-state index >= 15 is 0 Å². The fraction of sp³-hybridized carbons (Fsp3) is 0.389. The fourth-order valence-corrected chi connectivity index (χ4v) is 4.94. The van der Waals surface area contributed by atoms with E-state index in [1.165, 1.54) is 25.5 Å². The maximum Gasteiger partial charge on any atom is 0.143 e. The topological polar surface area (TPSA) is 98.6 Å². The third-order valence-corrected chi connectivity index (χ3v) is 7.26. The number of hydrogen-bond donors (Lipinski definition) is 3. The molecule has 0 unspecified atom stereocenters. The van der Waals surface area contributed by atoms with Crippen molar-refractivity contribution in [2.24, 2.45) is 0 Å². The summed E-state index contributed by atoms with van der Waals surface area (Å²) in [6.45, 7) is 4.01. The van der Waals surface area contributed by atoms with E-state index in [1.54, 1.807) is 14.2 Å². The van der Waals surface area contributed by atoms with Crippen molar-refractivity contribution in [3.8, 4) is 17.2 Å². The van der Waals surface area contributed by atoms with Gasteiger partial charge in [-0.1, -0.05) is 54.6 Å². The molecule has 1 aliphatic rings. The van der Waals surface area contributed by atoms with E-state index in [0.717, 1.165) is 58.7 Å². The Balaban J connectivity index is 0.000000245. The summed E-state index contributed by atoms with van der Waals surface area (Å²) in [5.74, 6) is 3.31. The highest BCUT2D eigenvalue weighted by Crippen LogP contribution is 2.28. The molecule has 1 fully saturated rings. The first kappa shape index (κ1) is 34.8. The molecule has 4 aromatic carbocycles. The fourth-order valence-electron chi connectivity index (χ4n) is 4.94. The van der Waals surface area contributed by atoms with E-state index in [-0.39, 0.29) is 13.4 Å². The zero-order chi connectivity index (χ0) is 31.4. The Morgan fingerprint density at radius 2 is 1.45 bits per heavy atom. The van der Waals surface area contributed by atoms with Crippen LogP contribution in [-0.2, 0) is 22.7 Å². The Hall–Kier alpha value is -3.66. The molecule has 8 heteroatoms. The minimum Gasteiger partial charge on any atom is -0.496 e. The van der Waals surface area contributed by atoms with Gasteiger partial charge in [-0.3, -0.25) is 0 Å². The van der Waals surface area contributed by atoms with Crippen molar-refractivity contribution in [3.05, 3.63) is 102 Å². The van der Waals surface area contributed by atoms with Crippen molar-refractivity contribution in [1.29, 1.82) is 0 Å². The summed E-state index contributed by atoms with van der Waals surface area (Å²) in [7, 11) is 4.76. The normalized spacial score (nSPS) is 12.8. The van der Waals surface area contributed by atoms with Gasteiger partial charge in [-0.05, 0) is 78.7 Å². The molecule has 0 aromatic heterocycles. The highest BCUT2D eigenvalue weighted by atomic mass is 16.6. The summed E-state index contributed by atoms with van der Waals surface area (Å²) in [5, 5.41) is 22.3. The predicted molar refractivity (Wildman–Crippen MR) is 175 cm³/mol. The first-order chi connectivity index (χ1) is 21.6. The third-order valence-electron chi connectivity index (χ3n) is 7.26. The SMILES string of the molecule is COCO.COc1cc(CO)cc2ccccc12.COc1ccccc1COCCCOc1ccc(C2CCNCC2)cc1.